The lowest BCUT2D eigenvalue weighted by molar-refractivity contribution is -0.123. The van der Waals surface area contributed by atoms with E-state index >= 15 is 0 Å². The van der Waals surface area contributed by atoms with Gasteiger partial charge in [-0.05, 0) is 37.0 Å². The highest BCUT2D eigenvalue weighted by Crippen LogP contribution is 2.47. The molecule has 76 valence electrons. The minimum Gasteiger partial charge on any atom is -0.298 e. The Morgan fingerprint density at radius 2 is 2.13 bits per heavy atom. The SMILES string of the molecule is CC1(C)C(=O)C2CC=Cc3cccc1c32. The maximum absolute atomic E-state index is 12.3. The normalized spacial score (nSPS) is 25.5. The van der Waals surface area contributed by atoms with E-state index in [1.54, 1.807) is 0 Å². The van der Waals surface area contributed by atoms with E-state index in [2.05, 4.69) is 30.4 Å². The monoisotopic (exact) mass is 198 g/mol. The van der Waals surface area contributed by atoms with E-state index < -0.39 is 0 Å². The van der Waals surface area contributed by atoms with Crippen LogP contribution in [-0.4, -0.2) is 5.78 Å². The van der Waals surface area contributed by atoms with E-state index in [1.807, 2.05) is 13.8 Å². The van der Waals surface area contributed by atoms with Crippen LogP contribution in [0, 0.1) is 0 Å². The fourth-order valence-corrected chi connectivity index (χ4v) is 2.92. The summed E-state index contributed by atoms with van der Waals surface area (Å²) in [5.74, 6) is 0.505. The van der Waals surface area contributed by atoms with Crippen molar-refractivity contribution in [2.24, 2.45) is 0 Å². The van der Waals surface area contributed by atoms with Crippen molar-refractivity contribution in [3.8, 4) is 0 Å². The minimum absolute atomic E-state index is 0.121. The maximum atomic E-state index is 12.3. The van der Waals surface area contributed by atoms with Crippen LogP contribution < -0.4 is 0 Å². The third-order valence-corrected chi connectivity index (χ3v) is 3.76. The van der Waals surface area contributed by atoms with Gasteiger partial charge in [-0.25, -0.2) is 0 Å². The molecule has 0 aromatic heterocycles. The van der Waals surface area contributed by atoms with Gasteiger partial charge in [0, 0.05) is 11.3 Å². The summed E-state index contributed by atoms with van der Waals surface area (Å²) in [4.78, 5) is 12.3. The van der Waals surface area contributed by atoms with E-state index in [0.29, 0.717) is 5.78 Å². The summed E-state index contributed by atoms with van der Waals surface area (Å²) < 4.78 is 0. The van der Waals surface area contributed by atoms with Crippen LogP contribution in [0.3, 0.4) is 0 Å². The molecular formula is C14H14O. The Bertz CT molecular complexity index is 480. The molecule has 0 bridgehead atoms. The first-order chi connectivity index (χ1) is 7.12. The largest absolute Gasteiger partial charge is 0.298 e. The zero-order valence-corrected chi connectivity index (χ0v) is 9.08. The van der Waals surface area contributed by atoms with Gasteiger partial charge in [0.05, 0.1) is 0 Å². The highest BCUT2D eigenvalue weighted by Gasteiger charge is 2.45. The fourth-order valence-electron chi connectivity index (χ4n) is 2.92. The van der Waals surface area contributed by atoms with Crippen molar-refractivity contribution in [3.05, 3.63) is 41.0 Å². The molecule has 1 atom stereocenters. The molecule has 2 aliphatic rings. The molecule has 0 saturated carbocycles. The lowest BCUT2D eigenvalue weighted by Gasteiger charge is -2.17. The van der Waals surface area contributed by atoms with Crippen molar-refractivity contribution < 1.29 is 4.79 Å². The number of ketones is 1. The fraction of sp³-hybridized carbons (Fsp3) is 0.357. The zero-order valence-electron chi connectivity index (χ0n) is 9.08. The van der Waals surface area contributed by atoms with Gasteiger partial charge in [-0.15, -0.1) is 0 Å². The first-order valence-electron chi connectivity index (χ1n) is 5.46. The van der Waals surface area contributed by atoms with Gasteiger partial charge in [-0.2, -0.15) is 0 Å². The molecule has 1 aromatic carbocycles. The maximum Gasteiger partial charge on any atom is 0.150 e. The van der Waals surface area contributed by atoms with Gasteiger partial charge in [0.15, 0.2) is 5.78 Å². The van der Waals surface area contributed by atoms with Crippen LogP contribution in [-0.2, 0) is 10.2 Å². The average Bonchev–Trinajstić information content (AvgIpc) is 2.43. The van der Waals surface area contributed by atoms with Crippen LogP contribution in [0.1, 0.15) is 42.9 Å². The van der Waals surface area contributed by atoms with Gasteiger partial charge >= 0.3 is 0 Å². The Morgan fingerprint density at radius 1 is 1.33 bits per heavy atom. The van der Waals surface area contributed by atoms with Crippen LogP contribution in [0.15, 0.2) is 24.3 Å². The lowest BCUT2D eigenvalue weighted by Crippen LogP contribution is -2.25. The molecule has 1 heteroatoms. The van der Waals surface area contributed by atoms with Crippen molar-refractivity contribution >= 4 is 11.9 Å². The molecular weight excluding hydrogens is 184 g/mol. The quantitative estimate of drug-likeness (QED) is 0.626. The number of allylic oxidation sites excluding steroid dienone is 1. The smallest absolute Gasteiger partial charge is 0.150 e. The Kier molecular flexibility index (Phi) is 1.54. The number of hydrogen-bond donors (Lipinski definition) is 0. The molecule has 0 N–H and O–H groups in total. The molecule has 0 aliphatic heterocycles. The lowest BCUT2D eigenvalue weighted by atomic mass is 9.84. The van der Waals surface area contributed by atoms with Crippen molar-refractivity contribution in [1.82, 2.24) is 0 Å². The Hall–Kier alpha value is -1.37. The molecule has 0 saturated heterocycles. The van der Waals surface area contributed by atoms with Crippen LogP contribution >= 0.6 is 0 Å². The van der Waals surface area contributed by atoms with E-state index in [1.165, 1.54) is 16.7 Å². The Labute approximate surface area is 89.8 Å². The van der Waals surface area contributed by atoms with Gasteiger partial charge in [0.1, 0.15) is 0 Å². The summed E-state index contributed by atoms with van der Waals surface area (Å²) in [6.45, 7) is 4.09. The summed E-state index contributed by atoms with van der Waals surface area (Å²) in [5, 5.41) is 0. The van der Waals surface area contributed by atoms with Crippen LogP contribution in [0.4, 0.5) is 0 Å². The predicted molar refractivity (Wildman–Crippen MR) is 60.9 cm³/mol. The third kappa shape index (κ3) is 0.956. The first kappa shape index (κ1) is 8.90. The molecule has 0 fully saturated rings. The van der Waals surface area contributed by atoms with Crippen molar-refractivity contribution in [3.63, 3.8) is 0 Å². The topological polar surface area (TPSA) is 17.1 Å². The highest BCUT2D eigenvalue weighted by atomic mass is 16.1. The zero-order chi connectivity index (χ0) is 10.6. The summed E-state index contributed by atoms with van der Waals surface area (Å²) in [5.41, 5.74) is 3.47. The molecule has 1 nitrogen and oxygen atoms in total. The van der Waals surface area contributed by atoms with Gasteiger partial charge in [0.2, 0.25) is 0 Å². The van der Waals surface area contributed by atoms with Crippen LogP contribution in [0.2, 0.25) is 0 Å². The summed E-state index contributed by atoms with van der Waals surface area (Å²) in [7, 11) is 0. The third-order valence-electron chi connectivity index (χ3n) is 3.76. The highest BCUT2D eigenvalue weighted by molar-refractivity contribution is 6.01. The second-order valence-electron chi connectivity index (χ2n) is 4.99. The number of carbonyl (C=O) groups excluding carboxylic acids is 1. The van der Waals surface area contributed by atoms with Gasteiger partial charge in [-0.3, -0.25) is 4.79 Å². The molecule has 1 unspecified atom stereocenters. The second kappa shape index (κ2) is 2.60. The number of hydrogen-bond acceptors (Lipinski definition) is 1. The van der Waals surface area contributed by atoms with Crippen molar-refractivity contribution in [1.29, 1.82) is 0 Å². The molecule has 1 aromatic rings. The molecule has 15 heavy (non-hydrogen) atoms. The molecule has 3 rings (SSSR count). The molecule has 0 heterocycles. The van der Waals surface area contributed by atoms with E-state index in [4.69, 9.17) is 0 Å². The second-order valence-corrected chi connectivity index (χ2v) is 4.99. The predicted octanol–water partition coefficient (Wildman–Crippen LogP) is 3.05. The summed E-state index contributed by atoms with van der Waals surface area (Å²) in [6, 6.07) is 6.27. The van der Waals surface area contributed by atoms with Crippen LogP contribution in [0.5, 0.6) is 0 Å². The van der Waals surface area contributed by atoms with Gasteiger partial charge < -0.3 is 0 Å². The number of Topliss-reactive ketones (excluding diaryl/α,β-unsaturated/α-hetero) is 1. The number of rotatable bonds is 0. The first-order valence-corrected chi connectivity index (χ1v) is 5.46. The molecule has 0 radical (unpaired) electrons. The number of carbonyl (C=O) groups is 1. The number of benzene rings is 1. The average molecular weight is 198 g/mol. The van der Waals surface area contributed by atoms with Gasteiger partial charge in [0.25, 0.3) is 0 Å². The Balaban J connectivity index is 2.36. The van der Waals surface area contributed by atoms with E-state index in [9.17, 15) is 4.79 Å². The van der Waals surface area contributed by atoms with Crippen molar-refractivity contribution in [2.75, 3.05) is 0 Å². The van der Waals surface area contributed by atoms with Gasteiger partial charge in [-0.1, -0.05) is 30.4 Å². The summed E-state index contributed by atoms with van der Waals surface area (Å²) >= 11 is 0. The van der Waals surface area contributed by atoms with E-state index in [-0.39, 0.29) is 11.3 Å². The Morgan fingerprint density at radius 3 is 2.93 bits per heavy atom. The van der Waals surface area contributed by atoms with Crippen LogP contribution in [0.25, 0.3) is 6.08 Å². The standard InChI is InChI=1S/C14H14O/c1-14(2)11-8-4-6-9-5-3-7-10(12(9)11)13(14)15/h3-6,8,10H,7H2,1-2H3. The molecule has 0 amide bonds. The summed E-state index contributed by atoms with van der Waals surface area (Å²) in [6.07, 6.45) is 5.15. The molecule has 0 spiro atoms. The van der Waals surface area contributed by atoms with E-state index in [0.717, 1.165) is 6.42 Å². The molecule has 2 aliphatic carbocycles. The minimum atomic E-state index is -0.290. The van der Waals surface area contributed by atoms with Crippen molar-refractivity contribution in [2.45, 2.75) is 31.6 Å².